The number of tetrazole rings is 1. The number of nitriles is 1. The number of aromatic nitrogens is 6. The molecule has 0 unspecified atom stereocenters. The summed E-state index contributed by atoms with van der Waals surface area (Å²) in [7, 11) is 1.56. The van der Waals surface area contributed by atoms with Crippen molar-refractivity contribution in [3.8, 4) is 28.8 Å². The molecular weight excluding hydrogens is 418 g/mol. The lowest BCUT2D eigenvalue weighted by molar-refractivity contribution is 0.302. The van der Waals surface area contributed by atoms with E-state index in [1.165, 1.54) is 9.36 Å². The number of ether oxygens (including phenoxy) is 1. The minimum Gasteiger partial charge on any atom is -0.489 e. The first kappa shape index (κ1) is 22.0. The molecule has 0 saturated heterocycles. The molecular formula is C24H25N7O2. The van der Waals surface area contributed by atoms with Gasteiger partial charge in [-0.1, -0.05) is 12.1 Å². The van der Waals surface area contributed by atoms with Gasteiger partial charge in [0.05, 0.1) is 11.4 Å². The van der Waals surface area contributed by atoms with Gasteiger partial charge in [-0.2, -0.15) is 19.7 Å². The van der Waals surface area contributed by atoms with E-state index < -0.39 is 0 Å². The number of aryl methyl sites for hydroxylation is 4. The van der Waals surface area contributed by atoms with E-state index in [0.717, 1.165) is 39.3 Å². The fraction of sp³-hybridized carbons (Fsp3) is 0.292. The van der Waals surface area contributed by atoms with Gasteiger partial charge in [0.1, 0.15) is 24.1 Å². The van der Waals surface area contributed by atoms with Crippen LogP contribution in [-0.2, 0) is 20.2 Å². The highest BCUT2D eigenvalue weighted by Gasteiger charge is 2.17. The summed E-state index contributed by atoms with van der Waals surface area (Å²) in [6.45, 7) is 8.74. The number of nitrogens with zero attached hydrogens (tertiary/aromatic N) is 7. The molecule has 2 aromatic heterocycles. The Labute approximate surface area is 191 Å². The number of benzene rings is 2. The molecule has 9 nitrogen and oxygen atoms in total. The van der Waals surface area contributed by atoms with Crippen molar-refractivity contribution in [1.82, 2.24) is 29.6 Å². The molecule has 0 N–H and O–H groups in total. The molecule has 0 aliphatic rings. The zero-order chi connectivity index (χ0) is 23.7. The summed E-state index contributed by atoms with van der Waals surface area (Å²) in [6.07, 6.45) is 0. The lowest BCUT2D eigenvalue weighted by Gasteiger charge is -2.14. The van der Waals surface area contributed by atoms with Crippen LogP contribution in [0.3, 0.4) is 0 Å². The van der Waals surface area contributed by atoms with Crippen LogP contribution >= 0.6 is 0 Å². The highest BCUT2D eigenvalue weighted by molar-refractivity contribution is 5.67. The largest absolute Gasteiger partial charge is 0.489 e. The van der Waals surface area contributed by atoms with E-state index >= 15 is 0 Å². The Kier molecular flexibility index (Phi) is 5.84. The van der Waals surface area contributed by atoms with Crippen LogP contribution in [0.5, 0.6) is 5.75 Å². The van der Waals surface area contributed by atoms with Crippen LogP contribution in [0.2, 0.25) is 0 Å². The maximum Gasteiger partial charge on any atom is 0.368 e. The van der Waals surface area contributed by atoms with E-state index in [1.54, 1.807) is 11.7 Å². The van der Waals surface area contributed by atoms with Gasteiger partial charge < -0.3 is 4.74 Å². The van der Waals surface area contributed by atoms with Gasteiger partial charge in [0.2, 0.25) is 0 Å². The molecule has 0 bridgehead atoms. The van der Waals surface area contributed by atoms with Crippen LogP contribution in [0, 0.1) is 32.1 Å². The van der Waals surface area contributed by atoms with Crippen LogP contribution in [0.1, 0.15) is 34.9 Å². The van der Waals surface area contributed by atoms with E-state index in [2.05, 4.69) is 21.6 Å². The van der Waals surface area contributed by atoms with Crippen molar-refractivity contribution in [3.63, 3.8) is 0 Å². The molecule has 4 rings (SSSR count). The fourth-order valence-corrected chi connectivity index (χ4v) is 3.84. The van der Waals surface area contributed by atoms with Gasteiger partial charge in [-0.3, -0.25) is 4.68 Å². The molecule has 4 aromatic rings. The molecule has 0 amide bonds. The first-order chi connectivity index (χ1) is 15.8. The molecule has 0 spiro atoms. The van der Waals surface area contributed by atoms with Crippen LogP contribution in [0.25, 0.3) is 16.9 Å². The SMILES string of the molecule is CCn1nc(-c2ccc(OCc3c(C)cccc3-n3nnn(C)c3=O)c(C)c2)c(C)c1C#N. The summed E-state index contributed by atoms with van der Waals surface area (Å²) < 4.78 is 10.3. The molecule has 0 atom stereocenters. The van der Waals surface area contributed by atoms with Crippen molar-refractivity contribution < 1.29 is 4.74 Å². The zero-order valence-corrected chi connectivity index (χ0v) is 19.3. The molecule has 9 heteroatoms. The minimum atomic E-state index is -0.319. The molecule has 0 aliphatic carbocycles. The van der Waals surface area contributed by atoms with Gasteiger partial charge in [0.25, 0.3) is 0 Å². The van der Waals surface area contributed by atoms with Gasteiger partial charge in [-0.25, -0.2) is 4.79 Å². The maximum absolute atomic E-state index is 12.4. The van der Waals surface area contributed by atoms with Crippen LogP contribution < -0.4 is 10.4 Å². The Bertz CT molecular complexity index is 1440. The van der Waals surface area contributed by atoms with Crippen molar-refractivity contribution in [3.05, 3.63) is 74.8 Å². The van der Waals surface area contributed by atoms with Crippen molar-refractivity contribution in [2.24, 2.45) is 7.05 Å². The third-order valence-electron chi connectivity index (χ3n) is 5.75. The summed E-state index contributed by atoms with van der Waals surface area (Å²) in [4.78, 5) is 12.4. The standard InChI is InChI=1S/C24H25N7O2/c1-6-30-21(13-25)17(4)23(26-30)18-10-11-22(16(3)12-18)33-14-19-15(2)8-7-9-20(19)31-24(32)29(5)27-28-31/h7-12H,6,14H2,1-5H3. The average molecular weight is 444 g/mol. The van der Waals surface area contributed by atoms with E-state index in [0.29, 0.717) is 17.9 Å². The smallest absolute Gasteiger partial charge is 0.368 e. The van der Waals surface area contributed by atoms with E-state index in [-0.39, 0.29) is 12.3 Å². The van der Waals surface area contributed by atoms with Crippen molar-refractivity contribution >= 4 is 0 Å². The van der Waals surface area contributed by atoms with Crippen LogP contribution in [0.15, 0.2) is 41.2 Å². The zero-order valence-electron chi connectivity index (χ0n) is 19.3. The summed E-state index contributed by atoms with van der Waals surface area (Å²) in [6, 6.07) is 13.8. The third-order valence-corrected chi connectivity index (χ3v) is 5.75. The Balaban J connectivity index is 1.63. The molecule has 0 fully saturated rings. The first-order valence-corrected chi connectivity index (χ1v) is 10.6. The van der Waals surface area contributed by atoms with Crippen molar-refractivity contribution in [1.29, 1.82) is 5.26 Å². The average Bonchev–Trinajstić information content (AvgIpc) is 3.31. The van der Waals surface area contributed by atoms with Gasteiger partial charge in [-0.15, -0.1) is 0 Å². The molecule has 0 saturated carbocycles. The van der Waals surface area contributed by atoms with Crippen molar-refractivity contribution in [2.45, 2.75) is 40.8 Å². The number of hydrogen-bond acceptors (Lipinski definition) is 6. The number of hydrogen-bond donors (Lipinski definition) is 0. The summed E-state index contributed by atoms with van der Waals surface area (Å²) in [5.41, 5.74) is 6.30. The highest BCUT2D eigenvalue weighted by atomic mass is 16.5. The topological polar surface area (TPSA) is 104 Å². The third kappa shape index (κ3) is 3.91. The molecule has 2 heterocycles. The molecule has 0 radical (unpaired) electrons. The summed E-state index contributed by atoms with van der Waals surface area (Å²) >= 11 is 0. The maximum atomic E-state index is 12.4. The minimum absolute atomic E-state index is 0.271. The Morgan fingerprint density at radius 1 is 1.09 bits per heavy atom. The quantitative estimate of drug-likeness (QED) is 0.453. The van der Waals surface area contributed by atoms with E-state index in [9.17, 15) is 10.1 Å². The predicted octanol–water partition coefficient (Wildman–Crippen LogP) is 3.23. The lowest BCUT2D eigenvalue weighted by Crippen LogP contribution is -2.23. The molecule has 2 aromatic carbocycles. The molecule has 168 valence electrons. The van der Waals surface area contributed by atoms with Crippen molar-refractivity contribution in [2.75, 3.05) is 0 Å². The van der Waals surface area contributed by atoms with Crippen LogP contribution in [-0.4, -0.2) is 29.6 Å². The molecule has 33 heavy (non-hydrogen) atoms. The fourth-order valence-electron chi connectivity index (χ4n) is 3.84. The lowest BCUT2D eigenvalue weighted by atomic mass is 10.0. The predicted molar refractivity (Wildman–Crippen MR) is 123 cm³/mol. The van der Waals surface area contributed by atoms with Gasteiger partial charge in [0.15, 0.2) is 0 Å². The Hall–Kier alpha value is -4.19. The first-order valence-electron chi connectivity index (χ1n) is 10.6. The summed E-state index contributed by atoms with van der Waals surface area (Å²) in [5, 5.41) is 21.8. The second kappa shape index (κ2) is 8.74. The summed E-state index contributed by atoms with van der Waals surface area (Å²) in [5.74, 6) is 0.729. The van der Waals surface area contributed by atoms with E-state index in [4.69, 9.17) is 4.74 Å². The normalized spacial score (nSPS) is 10.9. The van der Waals surface area contributed by atoms with Gasteiger partial charge in [0, 0.05) is 30.3 Å². The van der Waals surface area contributed by atoms with Crippen LogP contribution in [0.4, 0.5) is 0 Å². The van der Waals surface area contributed by atoms with Gasteiger partial charge in [-0.05, 0) is 73.5 Å². The second-order valence-corrected chi connectivity index (χ2v) is 7.89. The molecule has 0 aliphatic heterocycles. The Morgan fingerprint density at radius 3 is 2.48 bits per heavy atom. The number of rotatable bonds is 6. The second-order valence-electron chi connectivity index (χ2n) is 7.89. The highest BCUT2D eigenvalue weighted by Crippen LogP contribution is 2.30. The Morgan fingerprint density at radius 2 is 1.88 bits per heavy atom. The van der Waals surface area contributed by atoms with Gasteiger partial charge >= 0.3 is 5.69 Å². The monoisotopic (exact) mass is 443 g/mol. The van der Waals surface area contributed by atoms with E-state index in [1.807, 2.05) is 64.1 Å².